The molecule has 5 rings (SSSR count). The predicted molar refractivity (Wildman–Crippen MR) is 135 cm³/mol. The van der Waals surface area contributed by atoms with E-state index in [4.69, 9.17) is 28.0 Å². The fourth-order valence-corrected chi connectivity index (χ4v) is 4.87. The summed E-state index contributed by atoms with van der Waals surface area (Å²) in [5, 5.41) is 10.4. The molecule has 3 aromatic carbocycles. The van der Waals surface area contributed by atoms with Gasteiger partial charge in [0.1, 0.15) is 5.75 Å². The summed E-state index contributed by atoms with van der Waals surface area (Å²) < 4.78 is 1.82. The maximum absolute atomic E-state index is 12.6. The highest BCUT2D eigenvalue weighted by Gasteiger charge is 2.38. The Bertz CT molecular complexity index is 1460. The molecule has 8 nitrogen and oxygen atoms in total. The van der Waals surface area contributed by atoms with Crippen LogP contribution in [0.1, 0.15) is 26.3 Å². The van der Waals surface area contributed by atoms with Crippen molar-refractivity contribution < 1.29 is 19.2 Å². The molecule has 0 spiro atoms. The highest BCUT2D eigenvalue weighted by atomic mass is 35.5. The molecule has 0 N–H and O–H groups in total. The van der Waals surface area contributed by atoms with Crippen molar-refractivity contribution in [3.8, 4) is 11.4 Å². The van der Waals surface area contributed by atoms with E-state index in [-0.39, 0.29) is 16.9 Å². The minimum Gasteiger partial charge on any atom is -0.329 e. The molecule has 0 bridgehead atoms. The molecule has 0 saturated heterocycles. The Labute approximate surface area is 219 Å². The number of hydroxylamine groups is 2. The van der Waals surface area contributed by atoms with Crippen LogP contribution in [0, 0.1) is 0 Å². The number of amides is 2. The van der Waals surface area contributed by atoms with Gasteiger partial charge in [0.05, 0.1) is 22.7 Å². The summed E-state index contributed by atoms with van der Waals surface area (Å²) in [6.45, 7) is 0.415. The second-order valence-corrected chi connectivity index (χ2v) is 9.49. The summed E-state index contributed by atoms with van der Waals surface area (Å²) in [5.41, 5.74) is 1.99. The Hall–Kier alpha value is -3.66. The number of thioether (sulfide) groups is 1. The lowest BCUT2D eigenvalue weighted by Gasteiger charge is -2.13. The van der Waals surface area contributed by atoms with Gasteiger partial charge in [-0.2, -0.15) is 0 Å². The zero-order valence-corrected chi connectivity index (χ0v) is 20.8. The number of benzene rings is 3. The molecule has 36 heavy (non-hydrogen) atoms. The third-order valence-corrected chi connectivity index (χ3v) is 6.83. The highest BCUT2D eigenvalue weighted by molar-refractivity contribution is 7.99. The first-order valence-electron chi connectivity index (χ1n) is 10.7. The number of imide groups is 1. The van der Waals surface area contributed by atoms with Crippen LogP contribution in [0.4, 0.5) is 0 Å². The van der Waals surface area contributed by atoms with Crippen molar-refractivity contribution in [3.63, 3.8) is 0 Å². The Morgan fingerprint density at radius 1 is 0.861 bits per heavy atom. The van der Waals surface area contributed by atoms with E-state index < -0.39 is 17.8 Å². The summed E-state index contributed by atoms with van der Waals surface area (Å²) in [6, 6.07) is 21.0. The van der Waals surface area contributed by atoms with Crippen LogP contribution in [0.15, 0.2) is 78.0 Å². The smallest absolute Gasteiger partial charge is 0.329 e. The van der Waals surface area contributed by atoms with Gasteiger partial charge in [-0.15, -0.1) is 10.2 Å². The van der Waals surface area contributed by atoms with Gasteiger partial charge in [0.25, 0.3) is 11.8 Å². The number of rotatable bonds is 7. The lowest BCUT2D eigenvalue weighted by atomic mass is 10.1. The number of hydrogen-bond donors (Lipinski definition) is 0. The van der Waals surface area contributed by atoms with Crippen molar-refractivity contribution in [3.05, 3.63) is 99.5 Å². The van der Waals surface area contributed by atoms with Gasteiger partial charge in [0.15, 0.2) is 11.0 Å². The van der Waals surface area contributed by atoms with Crippen molar-refractivity contribution in [2.45, 2.75) is 11.7 Å². The Kier molecular flexibility index (Phi) is 6.77. The summed E-state index contributed by atoms with van der Waals surface area (Å²) in [5.74, 6) is -1.86. The third-order valence-electron chi connectivity index (χ3n) is 5.34. The van der Waals surface area contributed by atoms with Crippen LogP contribution in [0.25, 0.3) is 11.4 Å². The first-order chi connectivity index (χ1) is 17.4. The quantitative estimate of drug-likeness (QED) is 0.237. The maximum Gasteiger partial charge on any atom is 0.343 e. The fraction of sp³-hybridized carbons (Fsp3) is 0.0800. The van der Waals surface area contributed by atoms with Crippen LogP contribution in [0.5, 0.6) is 0 Å². The molecular formula is C25H16Cl2N4O4S. The number of hydrogen-bond acceptors (Lipinski definition) is 7. The summed E-state index contributed by atoms with van der Waals surface area (Å²) >= 11 is 13.5. The van der Waals surface area contributed by atoms with Crippen molar-refractivity contribution in [2.75, 3.05) is 5.75 Å². The van der Waals surface area contributed by atoms with Gasteiger partial charge < -0.3 is 4.84 Å². The molecule has 0 atom stereocenters. The van der Waals surface area contributed by atoms with Crippen LogP contribution in [-0.2, 0) is 16.2 Å². The number of nitrogens with zero attached hydrogens (tertiary/aromatic N) is 4. The van der Waals surface area contributed by atoms with Crippen LogP contribution in [-0.4, -0.2) is 43.4 Å². The van der Waals surface area contributed by atoms with Crippen molar-refractivity contribution >= 4 is 52.7 Å². The van der Waals surface area contributed by atoms with Crippen LogP contribution >= 0.6 is 35.0 Å². The molecule has 1 aliphatic heterocycles. The van der Waals surface area contributed by atoms with Crippen molar-refractivity contribution in [1.29, 1.82) is 0 Å². The third kappa shape index (κ3) is 4.73. The van der Waals surface area contributed by atoms with E-state index in [9.17, 15) is 14.4 Å². The van der Waals surface area contributed by atoms with Gasteiger partial charge >= 0.3 is 5.97 Å². The molecule has 1 aliphatic rings. The van der Waals surface area contributed by atoms with Gasteiger partial charge in [0, 0.05) is 10.6 Å². The predicted octanol–water partition coefficient (Wildman–Crippen LogP) is 5.15. The van der Waals surface area contributed by atoms with E-state index >= 15 is 0 Å². The molecule has 2 amide bonds. The Morgan fingerprint density at radius 2 is 1.53 bits per heavy atom. The monoisotopic (exact) mass is 538 g/mol. The largest absolute Gasteiger partial charge is 0.343 e. The lowest BCUT2D eigenvalue weighted by molar-refractivity contribution is -0.165. The van der Waals surface area contributed by atoms with E-state index in [0.29, 0.717) is 38.2 Å². The van der Waals surface area contributed by atoms with Crippen LogP contribution in [0.3, 0.4) is 0 Å². The molecular weight excluding hydrogens is 523 g/mol. The standard InChI is InChI=1S/C25H16Cl2N4O4S/c26-16-10-11-19(20(27)12-16)22-28-29-25(30(22)13-15-6-2-1-3-7-15)36-14-21(32)35-31-23(33)17-8-4-5-9-18(17)24(31)34/h1-12H,13-14H2. The van der Waals surface area contributed by atoms with E-state index in [1.165, 1.54) is 12.1 Å². The normalized spacial score (nSPS) is 12.7. The topological polar surface area (TPSA) is 94.4 Å². The number of fused-ring (bicyclic) bond motifs is 1. The second-order valence-electron chi connectivity index (χ2n) is 7.70. The van der Waals surface area contributed by atoms with E-state index in [0.717, 1.165) is 17.3 Å². The van der Waals surface area contributed by atoms with Gasteiger partial charge in [0.2, 0.25) is 0 Å². The zero-order chi connectivity index (χ0) is 25.2. The van der Waals surface area contributed by atoms with Crippen LogP contribution in [0.2, 0.25) is 10.0 Å². The average Bonchev–Trinajstić information content (AvgIpc) is 3.37. The van der Waals surface area contributed by atoms with Gasteiger partial charge in [-0.25, -0.2) is 4.79 Å². The Balaban J connectivity index is 1.36. The number of carbonyl (C=O) groups is 3. The molecule has 0 unspecified atom stereocenters. The maximum atomic E-state index is 12.6. The second kappa shape index (κ2) is 10.1. The van der Waals surface area contributed by atoms with Crippen molar-refractivity contribution in [1.82, 2.24) is 19.8 Å². The van der Waals surface area contributed by atoms with Crippen molar-refractivity contribution in [2.24, 2.45) is 0 Å². The highest BCUT2D eigenvalue weighted by Crippen LogP contribution is 2.32. The van der Waals surface area contributed by atoms with Gasteiger partial charge in [-0.1, -0.05) is 82.5 Å². The van der Waals surface area contributed by atoms with Gasteiger partial charge in [-0.3, -0.25) is 14.2 Å². The van der Waals surface area contributed by atoms with Gasteiger partial charge in [-0.05, 0) is 35.9 Å². The molecule has 0 saturated carbocycles. The fourth-order valence-electron chi connectivity index (χ4n) is 3.68. The summed E-state index contributed by atoms with van der Waals surface area (Å²) in [7, 11) is 0. The molecule has 0 radical (unpaired) electrons. The average molecular weight is 539 g/mol. The first-order valence-corrected chi connectivity index (χ1v) is 12.4. The molecule has 4 aromatic rings. The molecule has 180 valence electrons. The van der Waals surface area contributed by atoms with Crippen LogP contribution < -0.4 is 0 Å². The summed E-state index contributed by atoms with van der Waals surface area (Å²) in [4.78, 5) is 42.6. The van der Waals surface area contributed by atoms with E-state index in [2.05, 4.69) is 10.2 Å². The molecule has 1 aromatic heterocycles. The lowest BCUT2D eigenvalue weighted by Crippen LogP contribution is -2.33. The first kappa shape index (κ1) is 24.1. The molecule has 0 aliphatic carbocycles. The minimum atomic E-state index is -0.783. The molecule has 0 fully saturated rings. The SMILES string of the molecule is O=C(CSc1nnc(-c2ccc(Cl)cc2Cl)n1Cc1ccccc1)ON1C(=O)c2ccccc2C1=O. The van der Waals surface area contributed by atoms with E-state index in [1.807, 2.05) is 34.9 Å². The zero-order valence-electron chi connectivity index (χ0n) is 18.4. The Morgan fingerprint density at radius 3 is 2.19 bits per heavy atom. The minimum absolute atomic E-state index is 0.190. The number of halogens is 2. The summed E-state index contributed by atoms with van der Waals surface area (Å²) in [6.07, 6.45) is 0. The molecule has 11 heteroatoms. The molecule has 2 heterocycles. The number of carbonyl (C=O) groups excluding carboxylic acids is 3. The van der Waals surface area contributed by atoms with E-state index in [1.54, 1.807) is 30.3 Å². The number of aromatic nitrogens is 3.